The third-order valence-corrected chi connectivity index (χ3v) is 3.83. The fourth-order valence-corrected chi connectivity index (χ4v) is 2.81. The maximum Gasteiger partial charge on any atom is 0.416 e. The highest BCUT2D eigenvalue weighted by Gasteiger charge is 2.31. The van der Waals surface area contributed by atoms with Crippen LogP contribution in [-0.4, -0.2) is 31.2 Å². The van der Waals surface area contributed by atoms with E-state index in [-0.39, 0.29) is 12.4 Å². The molecule has 1 fully saturated rings. The van der Waals surface area contributed by atoms with Crippen molar-refractivity contribution in [1.82, 2.24) is 10.3 Å². The normalized spacial score (nSPS) is 15.7. The third kappa shape index (κ3) is 3.24. The quantitative estimate of drug-likeness (QED) is 0.848. The molecule has 0 atom stereocenters. The Morgan fingerprint density at radius 1 is 1.18 bits per heavy atom. The van der Waals surface area contributed by atoms with Crippen LogP contribution in [0.3, 0.4) is 0 Å². The molecule has 1 aliphatic rings. The number of pyridine rings is 1. The molecule has 0 aliphatic carbocycles. The molecule has 3 nitrogen and oxygen atoms in total. The SMILES string of the molecule is Cl.FC(F)(F)c1ccc2ncc(Cl)c(N3CCNCC3)c2c1. The van der Waals surface area contributed by atoms with Gasteiger partial charge in [-0.2, -0.15) is 13.2 Å². The topological polar surface area (TPSA) is 28.2 Å². The molecule has 1 aromatic heterocycles. The Bertz CT molecular complexity index is 670. The van der Waals surface area contributed by atoms with Crippen molar-refractivity contribution in [2.75, 3.05) is 31.1 Å². The number of aromatic nitrogens is 1. The van der Waals surface area contributed by atoms with Crippen LogP contribution in [-0.2, 0) is 6.18 Å². The first kappa shape index (κ1) is 17.1. The molecule has 1 N–H and O–H groups in total. The molecule has 22 heavy (non-hydrogen) atoms. The smallest absolute Gasteiger partial charge is 0.367 e. The van der Waals surface area contributed by atoms with E-state index in [4.69, 9.17) is 11.6 Å². The van der Waals surface area contributed by atoms with Crippen molar-refractivity contribution in [1.29, 1.82) is 0 Å². The summed E-state index contributed by atoms with van der Waals surface area (Å²) in [6.45, 7) is 2.96. The van der Waals surface area contributed by atoms with E-state index in [9.17, 15) is 13.2 Å². The fourth-order valence-electron chi connectivity index (χ4n) is 2.54. The summed E-state index contributed by atoms with van der Waals surface area (Å²) in [6.07, 6.45) is -2.88. The lowest BCUT2D eigenvalue weighted by atomic mass is 10.1. The molecule has 0 amide bonds. The zero-order valence-corrected chi connectivity index (χ0v) is 13.0. The number of fused-ring (bicyclic) bond motifs is 1. The first-order chi connectivity index (χ1) is 9.97. The van der Waals surface area contributed by atoms with Crippen LogP contribution in [0.15, 0.2) is 24.4 Å². The Balaban J connectivity index is 0.00000176. The molecule has 2 heterocycles. The first-order valence-corrected chi connectivity index (χ1v) is 6.96. The standard InChI is InChI=1S/C14H13ClF3N3.ClH/c15-11-8-20-12-2-1-9(14(16,17)18)7-10(12)13(11)21-5-3-19-4-6-21;/h1-2,7-8,19H,3-6H2;1H. The molecule has 120 valence electrons. The second-order valence-corrected chi connectivity index (χ2v) is 5.33. The number of anilines is 1. The number of nitrogens with zero attached hydrogens (tertiary/aromatic N) is 2. The number of hydrogen-bond acceptors (Lipinski definition) is 3. The molecule has 3 rings (SSSR count). The Morgan fingerprint density at radius 2 is 1.86 bits per heavy atom. The second-order valence-electron chi connectivity index (χ2n) is 4.92. The molecule has 0 unspecified atom stereocenters. The van der Waals surface area contributed by atoms with Crippen molar-refractivity contribution in [2.24, 2.45) is 0 Å². The highest BCUT2D eigenvalue weighted by Crippen LogP contribution is 2.37. The van der Waals surface area contributed by atoms with Crippen molar-refractivity contribution in [3.63, 3.8) is 0 Å². The maximum atomic E-state index is 12.9. The zero-order valence-electron chi connectivity index (χ0n) is 11.5. The minimum absolute atomic E-state index is 0. The lowest BCUT2D eigenvalue weighted by Crippen LogP contribution is -2.43. The molecular formula is C14H14Cl2F3N3. The van der Waals surface area contributed by atoms with E-state index >= 15 is 0 Å². The predicted octanol–water partition coefficient (Wildman–Crippen LogP) is 3.74. The number of rotatable bonds is 1. The average molecular weight is 352 g/mol. The van der Waals surface area contributed by atoms with Gasteiger partial charge in [0.25, 0.3) is 0 Å². The summed E-state index contributed by atoms with van der Waals surface area (Å²) >= 11 is 6.20. The fraction of sp³-hybridized carbons (Fsp3) is 0.357. The Hall–Kier alpha value is -1.24. The Morgan fingerprint density at radius 3 is 2.50 bits per heavy atom. The van der Waals surface area contributed by atoms with E-state index in [1.54, 1.807) is 0 Å². The molecule has 0 bridgehead atoms. The van der Waals surface area contributed by atoms with E-state index in [1.807, 2.05) is 4.90 Å². The van der Waals surface area contributed by atoms with Crippen molar-refractivity contribution in [3.8, 4) is 0 Å². The number of nitrogens with one attached hydrogen (secondary N) is 1. The molecule has 1 saturated heterocycles. The van der Waals surface area contributed by atoms with Crippen LogP contribution in [0.2, 0.25) is 5.02 Å². The van der Waals surface area contributed by atoms with Gasteiger partial charge in [-0.3, -0.25) is 4.98 Å². The number of halogens is 5. The maximum absolute atomic E-state index is 12.9. The van der Waals surface area contributed by atoms with E-state index in [0.717, 1.165) is 25.2 Å². The van der Waals surface area contributed by atoms with E-state index in [2.05, 4.69) is 10.3 Å². The highest BCUT2D eigenvalue weighted by molar-refractivity contribution is 6.34. The van der Waals surface area contributed by atoms with Gasteiger partial charge in [0.05, 0.1) is 21.8 Å². The minimum Gasteiger partial charge on any atom is -0.367 e. The predicted molar refractivity (Wildman–Crippen MR) is 84.1 cm³/mol. The largest absolute Gasteiger partial charge is 0.416 e. The van der Waals surface area contributed by atoms with Crippen LogP contribution in [0.25, 0.3) is 10.9 Å². The number of hydrogen-bond donors (Lipinski definition) is 1. The minimum atomic E-state index is -4.38. The summed E-state index contributed by atoms with van der Waals surface area (Å²) < 4.78 is 38.7. The van der Waals surface area contributed by atoms with Gasteiger partial charge in [-0.05, 0) is 18.2 Å². The van der Waals surface area contributed by atoms with E-state index in [1.165, 1.54) is 12.3 Å². The van der Waals surface area contributed by atoms with Gasteiger partial charge in [-0.1, -0.05) is 11.6 Å². The van der Waals surface area contributed by atoms with Crippen molar-refractivity contribution in [2.45, 2.75) is 6.18 Å². The van der Waals surface area contributed by atoms with E-state index < -0.39 is 11.7 Å². The van der Waals surface area contributed by atoms with Gasteiger partial charge in [0.2, 0.25) is 0 Å². The number of alkyl halides is 3. The van der Waals surface area contributed by atoms with Crippen LogP contribution in [0.1, 0.15) is 5.56 Å². The van der Waals surface area contributed by atoms with Crippen LogP contribution in [0.4, 0.5) is 18.9 Å². The van der Waals surface area contributed by atoms with Crippen LogP contribution in [0.5, 0.6) is 0 Å². The van der Waals surface area contributed by atoms with Crippen LogP contribution >= 0.6 is 24.0 Å². The van der Waals surface area contributed by atoms with Gasteiger partial charge in [0.1, 0.15) is 0 Å². The van der Waals surface area contributed by atoms with Gasteiger partial charge in [-0.15, -0.1) is 12.4 Å². The molecule has 0 radical (unpaired) electrons. The molecule has 0 saturated carbocycles. The summed E-state index contributed by atoms with van der Waals surface area (Å²) in [5.74, 6) is 0. The molecular weight excluding hydrogens is 338 g/mol. The number of piperazine rings is 1. The van der Waals surface area contributed by atoms with Crippen LogP contribution < -0.4 is 10.2 Å². The third-order valence-electron chi connectivity index (χ3n) is 3.56. The Kier molecular flexibility index (Phi) is 5.04. The van der Waals surface area contributed by atoms with Crippen LogP contribution in [0, 0.1) is 0 Å². The van der Waals surface area contributed by atoms with E-state index in [0.29, 0.717) is 34.7 Å². The average Bonchev–Trinajstić information content (AvgIpc) is 2.46. The highest BCUT2D eigenvalue weighted by atomic mass is 35.5. The molecule has 1 aromatic carbocycles. The summed E-state index contributed by atoms with van der Waals surface area (Å²) in [4.78, 5) is 6.12. The summed E-state index contributed by atoms with van der Waals surface area (Å²) in [6, 6.07) is 3.57. The summed E-state index contributed by atoms with van der Waals surface area (Å²) in [5.41, 5.74) is 0.464. The van der Waals surface area contributed by atoms with Gasteiger partial charge in [0.15, 0.2) is 0 Å². The Labute approximate surface area is 136 Å². The first-order valence-electron chi connectivity index (χ1n) is 6.58. The molecule has 2 aromatic rings. The molecule has 8 heteroatoms. The van der Waals surface area contributed by atoms with Gasteiger partial charge in [-0.25, -0.2) is 0 Å². The zero-order chi connectivity index (χ0) is 15.0. The summed E-state index contributed by atoms with van der Waals surface area (Å²) in [7, 11) is 0. The van der Waals surface area contributed by atoms with Crippen molar-refractivity contribution >= 4 is 40.6 Å². The molecule has 0 spiro atoms. The molecule has 1 aliphatic heterocycles. The second kappa shape index (κ2) is 6.48. The van der Waals surface area contributed by atoms with Crippen molar-refractivity contribution in [3.05, 3.63) is 35.0 Å². The summed E-state index contributed by atoms with van der Waals surface area (Å²) in [5, 5.41) is 4.03. The lowest BCUT2D eigenvalue weighted by molar-refractivity contribution is -0.137. The van der Waals surface area contributed by atoms with Crippen molar-refractivity contribution < 1.29 is 13.2 Å². The monoisotopic (exact) mass is 351 g/mol. The van der Waals surface area contributed by atoms with Gasteiger partial charge < -0.3 is 10.2 Å². The van der Waals surface area contributed by atoms with Gasteiger partial charge >= 0.3 is 6.18 Å². The van der Waals surface area contributed by atoms with Gasteiger partial charge in [0, 0.05) is 37.8 Å². The number of benzene rings is 1. The lowest BCUT2D eigenvalue weighted by Gasteiger charge is -2.31.